The molecular formula is C93H113F7N12O8. The first-order valence-electron chi connectivity index (χ1n) is 43.2. The number of halogens is 7. The third-order valence-corrected chi connectivity index (χ3v) is 29.2. The third kappa shape index (κ3) is 14.6. The fourth-order valence-corrected chi connectivity index (χ4v) is 23.3. The fraction of sp³-hybridized carbons (Fsp3) is 0.548. The van der Waals surface area contributed by atoms with Crippen molar-refractivity contribution in [2.75, 3.05) is 114 Å². The summed E-state index contributed by atoms with van der Waals surface area (Å²) in [4.78, 5) is 64.3. The van der Waals surface area contributed by atoms with E-state index in [1.807, 2.05) is 50.2 Å². The molecule has 0 amide bonds. The van der Waals surface area contributed by atoms with Crippen molar-refractivity contribution in [1.29, 1.82) is 0 Å². The van der Waals surface area contributed by atoms with Gasteiger partial charge >= 0.3 is 12.2 Å². The van der Waals surface area contributed by atoms with Crippen molar-refractivity contribution >= 4 is 83.5 Å². The molecule has 4 aromatic carbocycles. The maximum absolute atomic E-state index is 13.7. The van der Waals surface area contributed by atoms with Crippen molar-refractivity contribution in [1.82, 2.24) is 57.5 Å². The van der Waals surface area contributed by atoms with Crippen LogP contribution in [-0.4, -0.2) is 264 Å². The molecule has 0 radical (unpaired) electrons. The lowest BCUT2D eigenvalue weighted by atomic mass is 9.61. The first-order chi connectivity index (χ1) is 57.5. The quantitative estimate of drug-likeness (QED) is 0.0319. The Morgan fingerprint density at radius 2 is 0.867 bits per heavy atom. The van der Waals surface area contributed by atoms with Crippen molar-refractivity contribution in [3.8, 4) is 0 Å². The Kier molecular flexibility index (Phi) is 23.1. The molecule has 1 fully saturated rings. The van der Waals surface area contributed by atoms with E-state index in [0.29, 0.717) is 50.6 Å². The zero-order chi connectivity index (χ0) is 84.6. The van der Waals surface area contributed by atoms with E-state index in [2.05, 4.69) is 126 Å². The maximum atomic E-state index is 13.7. The Morgan fingerprint density at radius 3 is 1.23 bits per heavy atom. The molecule has 8 aromatic rings. The van der Waals surface area contributed by atoms with Gasteiger partial charge in [-0.25, -0.2) is 23.5 Å². The zero-order valence-corrected chi connectivity index (χ0v) is 70.1. The molecule has 27 heteroatoms. The minimum absolute atomic E-state index is 0.0151. The van der Waals surface area contributed by atoms with Crippen LogP contribution in [0, 0.1) is 23.7 Å². The van der Waals surface area contributed by atoms with Crippen molar-refractivity contribution in [3.63, 3.8) is 0 Å². The van der Waals surface area contributed by atoms with Gasteiger partial charge in [-0.3, -0.25) is 38.8 Å². The molecule has 11 unspecified atom stereocenters. The summed E-state index contributed by atoms with van der Waals surface area (Å²) in [6, 6.07) is 23.7. The minimum Gasteiger partial charge on any atom is -0.381 e. The summed E-state index contributed by atoms with van der Waals surface area (Å²) < 4.78 is 103. The molecule has 4 N–H and O–H groups in total. The number of nitrogens with zero attached hydrogens (tertiary/aromatic N) is 12. The second-order valence-electron chi connectivity index (χ2n) is 36.2. The third-order valence-electron chi connectivity index (χ3n) is 29.2. The van der Waals surface area contributed by atoms with Crippen LogP contribution in [0.3, 0.4) is 0 Å². The van der Waals surface area contributed by atoms with Gasteiger partial charge in [0.1, 0.15) is 6.73 Å². The number of rotatable bonds is 20. The Bertz CT molecular complexity index is 5450. The monoisotopic (exact) mass is 1660 g/mol. The lowest BCUT2D eigenvalue weighted by Crippen LogP contribution is -2.58. The number of likely N-dealkylation sites (tertiary alicyclic amines) is 1. The van der Waals surface area contributed by atoms with E-state index in [-0.39, 0.29) is 70.9 Å². The number of aliphatic hydroxyl groups is 4. The highest BCUT2D eigenvalue weighted by Gasteiger charge is 2.52. The molecule has 0 spiro atoms. The highest BCUT2D eigenvalue weighted by atomic mass is 19.4. The molecule has 11 atom stereocenters. The number of aryl methyl sites for hydroxylation is 4. The van der Waals surface area contributed by atoms with E-state index in [1.54, 1.807) is 11.3 Å². The number of likely N-dealkylation sites (N-methyl/N-ethyl adjacent to an activating group) is 5. The standard InChI is InChI=1S/C24H33N3O2.C23H25F4N3O2.C23H27F2N3O2.C23H28FN3O2/c1-4-26(15-28)14-21(29)16-12-24(2)18-7-5-8-20-23(18)17(11-22(24)25(3)13-16)19-9-6-10-27(19)20;1-28-10-13(20(32)11-29(12-31)22(24)23(25,26)27)8-15-14-4-2-5-18-21(14)16(9-19(15)28)17-6-3-7-30(17)18;1-23(24,25)27(13-29)12-21(30)14-9-16-15-5-3-6-19-22(15)17(10-20(16)26(2)11-14)18-7-4-8-28(18)19;1-14(24)26(13-28)12-22(29)15-9-17-16-5-3-6-20-23(16)18(10-21(17)25(2)11-15)19-7-4-8-27(19)20/h5,7-8,16,22,28H,4,6,9-15H2,1-3H3;2,4-5,8,13,19,22,31H,3,6-7,9-12H2,1H3;3,5-6,9,14,20,29H,4,7-8,10-13H2,1-2H3;3,5-6,9,14-15,21,28H,4,7-8,10-13H2,1-2H3. The van der Waals surface area contributed by atoms with Gasteiger partial charge in [0, 0.05) is 161 Å². The van der Waals surface area contributed by atoms with Crippen molar-refractivity contribution in [3.05, 3.63) is 158 Å². The average molecular weight is 1660 g/mol. The van der Waals surface area contributed by atoms with Gasteiger partial charge in [-0.05, 0) is 211 Å². The second kappa shape index (κ2) is 32.9. The predicted octanol–water partition coefficient (Wildman–Crippen LogP) is 11.2. The van der Waals surface area contributed by atoms with E-state index in [9.17, 15) is 70.3 Å². The topological polar surface area (TPSA) is 195 Å². The highest BCUT2D eigenvalue weighted by molar-refractivity contribution is 6.04. The van der Waals surface area contributed by atoms with E-state index < -0.39 is 75.7 Å². The van der Waals surface area contributed by atoms with Crippen LogP contribution in [0.25, 0.3) is 60.3 Å². The number of aliphatic hydroxyl groups excluding tert-OH is 4. The summed E-state index contributed by atoms with van der Waals surface area (Å²) in [5.41, 5.74) is 25.2. The number of hydrogen-bond acceptors (Lipinski definition) is 16. The Morgan fingerprint density at radius 1 is 0.483 bits per heavy atom. The van der Waals surface area contributed by atoms with Crippen LogP contribution in [0.5, 0.6) is 0 Å². The van der Waals surface area contributed by atoms with E-state index >= 15 is 0 Å². The molecule has 12 aliphatic rings. The van der Waals surface area contributed by atoms with Gasteiger partial charge in [-0.15, -0.1) is 0 Å². The molecule has 12 heterocycles. The lowest BCUT2D eigenvalue weighted by molar-refractivity contribution is -0.231. The van der Waals surface area contributed by atoms with E-state index in [0.717, 1.165) is 112 Å². The highest BCUT2D eigenvalue weighted by Crippen LogP contribution is 2.53. The van der Waals surface area contributed by atoms with Gasteiger partial charge in [0.2, 0.25) is 0 Å². The van der Waals surface area contributed by atoms with Crippen LogP contribution in [0.4, 0.5) is 30.7 Å². The van der Waals surface area contributed by atoms with Crippen LogP contribution >= 0.6 is 0 Å². The SMILES string of the molecule is CC(F)N(CO)CC(=O)C1C=C2c3cccc4c3c(c3n4CCC3)CC2N(C)C1.CCN(CO)CC(=O)C1CN(C)C2Cc3c4n(c5cccc(c35)C2(C)C1)CCC4.CN1CC(C(=O)CN(CO)C(C)(F)F)C=C2c3cccc4c3c(c3n4CCC3)CC21.CN1CC(C(=O)CN(CO)C(F)C(F)(F)F)C=C2c3cccc4c3c(c3n4CCC3)CC21. The number of piperidine rings is 1. The van der Waals surface area contributed by atoms with Gasteiger partial charge in [0.15, 0.2) is 29.4 Å². The Balaban J connectivity index is 0.000000114. The minimum atomic E-state index is -5.17. The first-order valence-corrected chi connectivity index (χ1v) is 43.2. The molecule has 642 valence electrons. The second-order valence-corrected chi connectivity index (χ2v) is 36.2. The molecular weight excluding hydrogens is 1550 g/mol. The average Bonchev–Trinajstić information content (AvgIpc) is 1.55. The first kappa shape index (κ1) is 84.2. The summed E-state index contributed by atoms with van der Waals surface area (Å²) in [6.45, 7) is 10.2. The van der Waals surface area contributed by atoms with Crippen molar-refractivity contribution < 1.29 is 70.3 Å². The van der Waals surface area contributed by atoms with Crippen molar-refractivity contribution in [2.24, 2.45) is 23.7 Å². The van der Waals surface area contributed by atoms with Crippen LogP contribution in [-0.2, 0) is 102 Å². The van der Waals surface area contributed by atoms with Crippen LogP contribution in [0.1, 0.15) is 127 Å². The number of benzene rings is 4. The van der Waals surface area contributed by atoms with E-state index in [4.69, 9.17) is 0 Å². The number of fused-ring (bicyclic) bond motifs is 20. The van der Waals surface area contributed by atoms with Gasteiger partial charge in [-0.1, -0.05) is 80.6 Å². The summed E-state index contributed by atoms with van der Waals surface area (Å²) in [7, 11) is 8.21. The molecule has 120 heavy (non-hydrogen) atoms. The predicted molar refractivity (Wildman–Crippen MR) is 449 cm³/mol. The largest absolute Gasteiger partial charge is 0.433 e. The molecule has 20 nitrogen and oxygen atoms in total. The molecule has 4 aliphatic carbocycles. The zero-order valence-electron chi connectivity index (χ0n) is 70.1. The normalized spacial score (nSPS) is 25.1. The number of carbonyl (C=O) groups excluding carboxylic acids is 4. The molecule has 4 aromatic heterocycles. The summed E-state index contributed by atoms with van der Waals surface area (Å²) in [5, 5.41) is 42.7. The molecule has 8 aliphatic heterocycles. The van der Waals surface area contributed by atoms with Crippen LogP contribution < -0.4 is 0 Å². The molecule has 20 rings (SSSR count). The smallest absolute Gasteiger partial charge is 0.381 e. The molecule has 0 bridgehead atoms. The summed E-state index contributed by atoms with van der Waals surface area (Å²) in [5.74, 6) is -2.01. The number of carbonyl (C=O) groups is 4. The maximum Gasteiger partial charge on any atom is 0.433 e. The van der Waals surface area contributed by atoms with Crippen LogP contribution in [0.2, 0.25) is 0 Å². The number of hydrogen-bond donors (Lipinski definition) is 4. The number of alkyl halides is 7. The summed E-state index contributed by atoms with van der Waals surface area (Å²) >= 11 is 0. The Hall–Kier alpha value is -8.03. The van der Waals surface area contributed by atoms with Crippen molar-refractivity contribution in [2.45, 2.75) is 192 Å². The lowest BCUT2D eigenvalue weighted by Gasteiger charge is -2.52. The van der Waals surface area contributed by atoms with Gasteiger partial charge in [0.05, 0.1) is 64.1 Å². The summed E-state index contributed by atoms with van der Waals surface area (Å²) in [6.07, 6.45) is 10.1. The van der Waals surface area contributed by atoms with Crippen LogP contribution in [0.15, 0.2) is 91.0 Å². The number of aromatic nitrogens is 4. The number of ketones is 4. The van der Waals surface area contributed by atoms with Gasteiger partial charge < -0.3 is 43.6 Å². The molecule has 0 saturated carbocycles. The number of Topliss-reactive ketones (excluding diaryl/α,β-unsaturated/α-hetero) is 4. The molecule has 1 saturated heterocycles. The van der Waals surface area contributed by atoms with Gasteiger partial charge in [-0.2, -0.15) is 22.0 Å². The fourth-order valence-electron chi connectivity index (χ4n) is 23.3. The van der Waals surface area contributed by atoms with Gasteiger partial charge in [0.25, 0.3) is 6.30 Å². The Labute approximate surface area is 695 Å². The van der Waals surface area contributed by atoms with E-state index in [1.165, 1.54) is 132 Å².